The molecule has 1 nitrogen and oxygen atoms in total. The predicted molar refractivity (Wildman–Crippen MR) is 71.4 cm³/mol. The second kappa shape index (κ2) is 4.21. The summed E-state index contributed by atoms with van der Waals surface area (Å²) in [6.07, 6.45) is 7.17. The Labute approximate surface area is 103 Å². The van der Waals surface area contributed by atoms with E-state index in [2.05, 4.69) is 32.1 Å². The molecule has 0 saturated carbocycles. The molecule has 0 radical (unpaired) electrons. The molecule has 0 amide bonds. The van der Waals surface area contributed by atoms with E-state index in [-0.39, 0.29) is 0 Å². The molecule has 90 valence electrons. The Bertz CT molecular complexity index is 469. The van der Waals surface area contributed by atoms with Crippen molar-refractivity contribution in [1.82, 2.24) is 0 Å². The third-order valence-electron chi connectivity index (χ3n) is 3.95. The average Bonchev–Trinajstić information content (AvgIpc) is 2.61. The van der Waals surface area contributed by atoms with E-state index >= 15 is 0 Å². The molecule has 3 rings (SSSR count). The zero-order valence-electron chi connectivity index (χ0n) is 10.8. The summed E-state index contributed by atoms with van der Waals surface area (Å²) in [5.41, 5.74) is 5.99. The molecule has 1 heteroatoms. The van der Waals surface area contributed by atoms with Gasteiger partial charge < -0.3 is 4.74 Å². The second-order valence-corrected chi connectivity index (χ2v) is 5.47. The van der Waals surface area contributed by atoms with Crippen molar-refractivity contribution >= 4 is 6.08 Å². The first-order valence-electron chi connectivity index (χ1n) is 6.73. The Balaban J connectivity index is 2.06. The van der Waals surface area contributed by atoms with Crippen molar-refractivity contribution in [1.29, 1.82) is 0 Å². The van der Waals surface area contributed by atoms with Crippen LogP contribution in [-0.2, 0) is 12.8 Å². The molecular formula is C16H20O. The second-order valence-electron chi connectivity index (χ2n) is 5.47. The Morgan fingerprint density at radius 2 is 2.06 bits per heavy atom. The van der Waals surface area contributed by atoms with E-state index in [4.69, 9.17) is 4.74 Å². The molecule has 0 fully saturated rings. The van der Waals surface area contributed by atoms with Crippen LogP contribution in [0.2, 0.25) is 0 Å². The molecular weight excluding hydrogens is 208 g/mol. The Hall–Kier alpha value is -1.24. The van der Waals surface area contributed by atoms with Crippen LogP contribution in [0.3, 0.4) is 0 Å². The van der Waals surface area contributed by atoms with E-state index in [0.29, 0.717) is 5.92 Å². The maximum absolute atomic E-state index is 5.84. The molecule has 1 aliphatic carbocycles. The van der Waals surface area contributed by atoms with Gasteiger partial charge in [0.15, 0.2) is 0 Å². The van der Waals surface area contributed by atoms with Crippen LogP contribution in [0.1, 0.15) is 43.4 Å². The summed E-state index contributed by atoms with van der Waals surface area (Å²) in [4.78, 5) is 0. The third-order valence-corrected chi connectivity index (χ3v) is 3.95. The molecule has 1 aliphatic heterocycles. The molecule has 0 spiro atoms. The molecule has 0 atom stereocenters. The van der Waals surface area contributed by atoms with Crippen LogP contribution in [0.15, 0.2) is 17.7 Å². The van der Waals surface area contributed by atoms with Gasteiger partial charge in [0.2, 0.25) is 0 Å². The molecule has 0 N–H and O–H groups in total. The summed E-state index contributed by atoms with van der Waals surface area (Å²) in [7, 11) is 0. The first-order chi connectivity index (χ1) is 8.25. The summed E-state index contributed by atoms with van der Waals surface area (Å²) < 4.78 is 5.84. The smallest absolute Gasteiger partial charge is 0.123 e. The van der Waals surface area contributed by atoms with Gasteiger partial charge in [-0.05, 0) is 48.8 Å². The van der Waals surface area contributed by atoms with Crippen molar-refractivity contribution in [2.75, 3.05) is 6.61 Å². The van der Waals surface area contributed by atoms with E-state index in [0.717, 1.165) is 18.8 Å². The maximum atomic E-state index is 5.84. The fourth-order valence-corrected chi connectivity index (χ4v) is 2.83. The summed E-state index contributed by atoms with van der Waals surface area (Å²) >= 11 is 0. The molecule has 0 unspecified atom stereocenters. The fourth-order valence-electron chi connectivity index (χ4n) is 2.83. The highest BCUT2D eigenvalue weighted by Gasteiger charge is 2.21. The van der Waals surface area contributed by atoms with Crippen LogP contribution in [0.25, 0.3) is 6.08 Å². The highest BCUT2D eigenvalue weighted by atomic mass is 16.5. The molecule has 2 aliphatic rings. The number of fused-ring (bicyclic) bond motifs is 3. The molecule has 0 saturated heterocycles. The van der Waals surface area contributed by atoms with E-state index in [1.165, 1.54) is 36.0 Å². The third kappa shape index (κ3) is 1.88. The predicted octanol–water partition coefficient (Wildman–Crippen LogP) is 4.00. The topological polar surface area (TPSA) is 9.23 Å². The molecule has 1 aromatic carbocycles. The number of allylic oxidation sites excluding steroid dienone is 1. The maximum Gasteiger partial charge on any atom is 0.123 e. The van der Waals surface area contributed by atoms with Crippen LogP contribution in [0.5, 0.6) is 5.75 Å². The monoisotopic (exact) mass is 228 g/mol. The van der Waals surface area contributed by atoms with E-state index < -0.39 is 0 Å². The van der Waals surface area contributed by atoms with Gasteiger partial charge in [0, 0.05) is 5.56 Å². The van der Waals surface area contributed by atoms with Crippen molar-refractivity contribution in [2.45, 2.75) is 39.5 Å². The van der Waals surface area contributed by atoms with Crippen LogP contribution in [-0.4, -0.2) is 6.61 Å². The van der Waals surface area contributed by atoms with Crippen molar-refractivity contribution in [3.8, 4) is 5.75 Å². The molecule has 1 aromatic rings. The van der Waals surface area contributed by atoms with Gasteiger partial charge in [-0.25, -0.2) is 0 Å². The van der Waals surface area contributed by atoms with Gasteiger partial charge in [-0.1, -0.05) is 31.6 Å². The van der Waals surface area contributed by atoms with E-state index in [1.54, 1.807) is 5.57 Å². The lowest BCUT2D eigenvalue weighted by Gasteiger charge is -2.11. The lowest BCUT2D eigenvalue weighted by Crippen LogP contribution is -1.97. The summed E-state index contributed by atoms with van der Waals surface area (Å²) in [5.74, 6) is 1.78. The number of benzene rings is 1. The van der Waals surface area contributed by atoms with Crippen molar-refractivity contribution in [2.24, 2.45) is 5.92 Å². The molecule has 0 aromatic heterocycles. The van der Waals surface area contributed by atoms with Gasteiger partial charge in [0.25, 0.3) is 0 Å². The minimum Gasteiger partial charge on any atom is -0.493 e. The minimum absolute atomic E-state index is 0.657. The SMILES string of the molecule is CC(C)C1=Cc2c(ccc3c2CCCCO3)C1. The van der Waals surface area contributed by atoms with Crippen molar-refractivity contribution in [3.05, 3.63) is 34.4 Å². The average molecular weight is 228 g/mol. The number of hydrogen-bond acceptors (Lipinski definition) is 1. The molecule has 17 heavy (non-hydrogen) atoms. The van der Waals surface area contributed by atoms with Crippen molar-refractivity contribution < 1.29 is 4.74 Å². The highest BCUT2D eigenvalue weighted by Crippen LogP contribution is 2.37. The molecule has 1 heterocycles. The summed E-state index contributed by atoms with van der Waals surface area (Å²) in [6.45, 7) is 5.45. The largest absolute Gasteiger partial charge is 0.493 e. The Morgan fingerprint density at radius 3 is 2.88 bits per heavy atom. The van der Waals surface area contributed by atoms with Gasteiger partial charge in [0.1, 0.15) is 5.75 Å². The highest BCUT2D eigenvalue weighted by molar-refractivity contribution is 5.69. The van der Waals surface area contributed by atoms with E-state index in [9.17, 15) is 0 Å². The number of rotatable bonds is 1. The van der Waals surface area contributed by atoms with Gasteiger partial charge in [-0.3, -0.25) is 0 Å². The normalized spacial score (nSPS) is 18.2. The summed E-state index contributed by atoms with van der Waals surface area (Å²) in [5, 5.41) is 0. The van der Waals surface area contributed by atoms with Crippen LogP contribution in [0, 0.1) is 5.92 Å². The minimum atomic E-state index is 0.657. The van der Waals surface area contributed by atoms with Gasteiger partial charge in [-0.15, -0.1) is 0 Å². The first kappa shape index (κ1) is 10.9. The van der Waals surface area contributed by atoms with Gasteiger partial charge >= 0.3 is 0 Å². The van der Waals surface area contributed by atoms with Crippen LogP contribution in [0.4, 0.5) is 0 Å². The molecule has 0 bridgehead atoms. The standard InChI is InChI=1S/C16H20O/c1-11(2)13-9-12-6-7-16-14(15(12)10-13)5-3-4-8-17-16/h6-7,10-11H,3-5,8-9H2,1-2H3. The number of ether oxygens (including phenoxy) is 1. The van der Waals surface area contributed by atoms with Gasteiger partial charge in [-0.2, -0.15) is 0 Å². The first-order valence-corrected chi connectivity index (χ1v) is 6.73. The Morgan fingerprint density at radius 1 is 1.18 bits per heavy atom. The van der Waals surface area contributed by atoms with E-state index in [1.807, 2.05) is 0 Å². The fraction of sp³-hybridized carbons (Fsp3) is 0.500. The lowest BCUT2D eigenvalue weighted by molar-refractivity contribution is 0.317. The van der Waals surface area contributed by atoms with Crippen LogP contribution < -0.4 is 4.74 Å². The Kier molecular flexibility index (Phi) is 2.70. The quantitative estimate of drug-likeness (QED) is 0.706. The van der Waals surface area contributed by atoms with Crippen LogP contribution >= 0.6 is 0 Å². The zero-order valence-corrected chi connectivity index (χ0v) is 10.8. The van der Waals surface area contributed by atoms with Gasteiger partial charge in [0.05, 0.1) is 6.61 Å². The lowest BCUT2D eigenvalue weighted by atomic mass is 9.98. The number of hydrogen-bond donors (Lipinski definition) is 0. The summed E-state index contributed by atoms with van der Waals surface area (Å²) in [6, 6.07) is 4.43. The zero-order chi connectivity index (χ0) is 11.8. The van der Waals surface area contributed by atoms with Crippen molar-refractivity contribution in [3.63, 3.8) is 0 Å².